The summed E-state index contributed by atoms with van der Waals surface area (Å²) in [7, 11) is 0. The zero-order valence-corrected chi connectivity index (χ0v) is 18.2. The molecule has 36 heavy (non-hydrogen) atoms. The van der Waals surface area contributed by atoms with E-state index in [0.717, 1.165) is 6.20 Å². The maximum atomic E-state index is 13.4. The number of para-hydroxylation sites is 1. The first kappa shape index (κ1) is 25.0. The first-order valence-corrected chi connectivity index (χ1v) is 10.4. The molecule has 1 aliphatic heterocycles. The lowest BCUT2D eigenvalue weighted by Gasteiger charge is -2.40. The number of rotatable bonds is 3. The molecule has 1 aromatic carbocycles. The van der Waals surface area contributed by atoms with E-state index in [2.05, 4.69) is 9.97 Å². The van der Waals surface area contributed by atoms with E-state index >= 15 is 0 Å². The van der Waals surface area contributed by atoms with Crippen LogP contribution in [-0.4, -0.2) is 45.6 Å². The number of anilines is 1. The van der Waals surface area contributed by atoms with Crippen LogP contribution in [0.4, 0.5) is 37.1 Å². The standard InChI is InChI=1S/C22H17F6N5O3/c23-21(24,25)14-10-30-19(31-11-14)32-6-7-33(20(35)36-15-4-2-1-3-5-15)17(12-32)13-8-16(22(26,27)28)18(34)29-9-13/h1-5,8-11,17H,6-7,12H2,(H,29,34). The first-order chi connectivity index (χ1) is 16.9. The summed E-state index contributed by atoms with van der Waals surface area (Å²) < 4.78 is 84.0. The second-order valence-corrected chi connectivity index (χ2v) is 7.78. The molecule has 0 radical (unpaired) electrons. The van der Waals surface area contributed by atoms with Gasteiger partial charge in [0.05, 0.1) is 11.6 Å². The number of alkyl halides is 6. The summed E-state index contributed by atoms with van der Waals surface area (Å²) >= 11 is 0. The van der Waals surface area contributed by atoms with E-state index < -0.39 is 41.2 Å². The summed E-state index contributed by atoms with van der Waals surface area (Å²) in [5, 5.41) is 0. The van der Waals surface area contributed by atoms with Gasteiger partial charge in [0, 0.05) is 38.2 Å². The molecule has 0 bridgehead atoms. The Hall–Kier alpha value is -4.10. The maximum Gasteiger partial charge on any atom is 0.421 e. The molecule has 190 valence electrons. The van der Waals surface area contributed by atoms with Crippen molar-refractivity contribution in [2.24, 2.45) is 0 Å². The van der Waals surface area contributed by atoms with Crippen molar-refractivity contribution in [1.29, 1.82) is 0 Å². The lowest BCUT2D eigenvalue weighted by molar-refractivity contribution is -0.139. The number of aromatic amines is 1. The molecule has 2 aromatic heterocycles. The highest BCUT2D eigenvalue weighted by atomic mass is 19.4. The number of hydrogen-bond acceptors (Lipinski definition) is 6. The van der Waals surface area contributed by atoms with Gasteiger partial charge in [0.1, 0.15) is 11.3 Å². The molecule has 1 fully saturated rings. The Morgan fingerprint density at radius 2 is 1.67 bits per heavy atom. The number of amides is 1. The van der Waals surface area contributed by atoms with Crippen molar-refractivity contribution < 1.29 is 35.9 Å². The molecular formula is C22H17F6N5O3. The Bertz CT molecular complexity index is 1280. The number of benzene rings is 1. The minimum Gasteiger partial charge on any atom is -0.410 e. The van der Waals surface area contributed by atoms with E-state index in [9.17, 15) is 35.9 Å². The van der Waals surface area contributed by atoms with Crippen molar-refractivity contribution in [2.45, 2.75) is 18.4 Å². The molecule has 1 saturated heterocycles. The molecule has 0 saturated carbocycles. The SMILES string of the molecule is O=C(Oc1ccccc1)N1CCN(c2ncc(C(F)(F)F)cn2)CC1c1c[nH]c(=O)c(C(F)(F)F)c1. The highest BCUT2D eigenvalue weighted by Gasteiger charge is 2.38. The van der Waals surface area contributed by atoms with Crippen molar-refractivity contribution in [3.05, 3.63) is 82.0 Å². The second kappa shape index (κ2) is 9.51. The normalized spacial score (nSPS) is 16.7. The molecule has 4 rings (SSSR count). The van der Waals surface area contributed by atoms with Gasteiger partial charge in [-0.2, -0.15) is 26.3 Å². The Kier molecular flexibility index (Phi) is 6.61. The molecule has 1 N–H and O–H groups in total. The minimum atomic E-state index is -4.95. The number of halogens is 6. The monoisotopic (exact) mass is 513 g/mol. The van der Waals surface area contributed by atoms with Crippen LogP contribution in [0.5, 0.6) is 5.75 Å². The Balaban J connectivity index is 1.67. The van der Waals surface area contributed by atoms with Crippen LogP contribution in [0.1, 0.15) is 22.7 Å². The van der Waals surface area contributed by atoms with Crippen molar-refractivity contribution >= 4 is 12.0 Å². The number of carbonyl (C=O) groups excluding carboxylic acids is 1. The van der Waals surface area contributed by atoms with Crippen LogP contribution in [0.2, 0.25) is 0 Å². The number of carbonyl (C=O) groups is 1. The number of pyridine rings is 1. The number of nitrogens with zero attached hydrogens (tertiary/aromatic N) is 4. The predicted molar refractivity (Wildman–Crippen MR) is 113 cm³/mol. The average molecular weight is 513 g/mol. The molecule has 0 spiro atoms. The molecule has 14 heteroatoms. The second-order valence-electron chi connectivity index (χ2n) is 7.78. The van der Waals surface area contributed by atoms with Gasteiger partial charge in [0.15, 0.2) is 0 Å². The third-order valence-corrected chi connectivity index (χ3v) is 5.43. The molecule has 3 heterocycles. The fourth-order valence-electron chi connectivity index (χ4n) is 3.65. The van der Waals surface area contributed by atoms with Gasteiger partial charge in [-0.1, -0.05) is 18.2 Å². The molecule has 8 nitrogen and oxygen atoms in total. The van der Waals surface area contributed by atoms with E-state index in [4.69, 9.17) is 4.74 Å². The van der Waals surface area contributed by atoms with Crippen molar-refractivity contribution in [2.75, 3.05) is 24.5 Å². The first-order valence-electron chi connectivity index (χ1n) is 10.4. The van der Waals surface area contributed by atoms with Crippen LogP contribution in [-0.2, 0) is 12.4 Å². The van der Waals surface area contributed by atoms with E-state index in [0.29, 0.717) is 18.5 Å². The lowest BCUT2D eigenvalue weighted by Crippen LogP contribution is -2.52. The fourth-order valence-corrected chi connectivity index (χ4v) is 3.65. The number of piperazine rings is 1. The van der Waals surface area contributed by atoms with Crippen LogP contribution in [0, 0.1) is 0 Å². The van der Waals surface area contributed by atoms with E-state index in [1.54, 1.807) is 18.2 Å². The number of aromatic nitrogens is 3. The van der Waals surface area contributed by atoms with Crippen LogP contribution >= 0.6 is 0 Å². The zero-order chi connectivity index (χ0) is 26.1. The minimum absolute atomic E-state index is 0.0568. The van der Waals surface area contributed by atoms with Gasteiger partial charge in [-0.05, 0) is 23.8 Å². The van der Waals surface area contributed by atoms with Gasteiger partial charge < -0.3 is 14.6 Å². The quantitative estimate of drug-likeness (QED) is 0.527. The summed E-state index contributed by atoms with van der Waals surface area (Å²) in [6, 6.07) is 7.52. The van der Waals surface area contributed by atoms with Gasteiger partial charge in [0.25, 0.3) is 5.56 Å². The molecule has 3 aromatic rings. The number of ether oxygens (including phenoxy) is 1. The van der Waals surface area contributed by atoms with Gasteiger partial charge in [-0.3, -0.25) is 9.69 Å². The predicted octanol–water partition coefficient (Wildman–Crippen LogP) is 4.26. The van der Waals surface area contributed by atoms with Crippen LogP contribution in [0.25, 0.3) is 0 Å². The number of hydrogen-bond donors (Lipinski definition) is 1. The summed E-state index contributed by atoms with van der Waals surface area (Å²) in [6.45, 7) is -0.207. The highest BCUT2D eigenvalue weighted by Crippen LogP contribution is 2.33. The summed E-state index contributed by atoms with van der Waals surface area (Å²) in [4.78, 5) is 36.8. The fraction of sp³-hybridized carbons (Fsp3) is 0.273. The van der Waals surface area contributed by atoms with Gasteiger partial charge in [-0.15, -0.1) is 0 Å². The summed E-state index contributed by atoms with van der Waals surface area (Å²) in [5.41, 5.74) is -3.95. The summed E-state index contributed by atoms with van der Waals surface area (Å²) in [6.07, 6.45) is -8.24. The van der Waals surface area contributed by atoms with Crippen molar-refractivity contribution in [1.82, 2.24) is 19.9 Å². The smallest absolute Gasteiger partial charge is 0.410 e. The van der Waals surface area contributed by atoms with Gasteiger partial charge >= 0.3 is 18.4 Å². The van der Waals surface area contributed by atoms with Crippen molar-refractivity contribution in [3.8, 4) is 5.75 Å². The summed E-state index contributed by atoms with van der Waals surface area (Å²) in [5.74, 6) is 0.0942. The van der Waals surface area contributed by atoms with Gasteiger partial charge in [0.2, 0.25) is 5.95 Å². The number of H-pyrrole nitrogens is 1. The topological polar surface area (TPSA) is 91.4 Å². The largest absolute Gasteiger partial charge is 0.421 e. The molecular weight excluding hydrogens is 496 g/mol. The third-order valence-electron chi connectivity index (χ3n) is 5.43. The van der Waals surface area contributed by atoms with E-state index in [1.807, 2.05) is 4.98 Å². The maximum absolute atomic E-state index is 13.4. The molecule has 0 aliphatic carbocycles. The van der Waals surface area contributed by atoms with Crippen LogP contribution in [0.15, 0.2) is 59.8 Å². The molecule has 1 aliphatic rings. The number of nitrogens with one attached hydrogen (secondary N) is 1. The Morgan fingerprint density at radius 3 is 2.28 bits per heavy atom. The highest BCUT2D eigenvalue weighted by molar-refractivity contribution is 5.72. The third kappa shape index (κ3) is 5.42. The Morgan fingerprint density at radius 1 is 1.00 bits per heavy atom. The van der Waals surface area contributed by atoms with Crippen LogP contribution < -0.4 is 15.2 Å². The van der Waals surface area contributed by atoms with Crippen LogP contribution in [0.3, 0.4) is 0 Å². The van der Waals surface area contributed by atoms with E-state index in [1.165, 1.54) is 21.9 Å². The molecule has 1 amide bonds. The van der Waals surface area contributed by atoms with Crippen molar-refractivity contribution in [3.63, 3.8) is 0 Å². The molecule has 1 atom stereocenters. The molecule has 1 unspecified atom stereocenters. The van der Waals surface area contributed by atoms with Gasteiger partial charge in [-0.25, -0.2) is 14.8 Å². The Labute approximate surface area is 199 Å². The lowest BCUT2D eigenvalue weighted by atomic mass is 10.0. The zero-order valence-electron chi connectivity index (χ0n) is 18.2. The average Bonchev–Trinajstić information content (AvgIpc) is 2.83. The van der Waals surface area contributed by atoms with E-state index in [-0.39, 0.29) is 36.9 Å².